The van der Waals surface area contributed by atoms with E-state index in [0.29, 0.717) is 9.55 Å². The molecule has 0 radical (unpaired) electrons. The van der Waals surface area contributed by atoms with Crippen LogP contribution >= 0.6 is 22.9 Å². The normalized spacial score (nSPS) is 12.5. The molecule has 30 heavy (non-hydrogen) atoms. The second-order valence-electron chi connectivity index (χ2n) is 7.71. The first kappa shape index (κ1) is 19.1. The van der Waals surface area contributed by atoms with Crippen molar-refractivity contribution >= 4 is 45.0 Å². The van der Waals surface area contributed by atoms with E-state index in [1.807, 2.05) is 42.5 Å². The molecule has 0 spiro atoms. The number of imidazole rings is 1. The highest BCUT2D eigenvalue weighted by molar-refractivity contribution is 7.15. The Labute approximate surface area is 182 Å². The van der Waals surface area contributed by atoms with Crippen LogP contribution in [-0.4, -0.2) is 14.0 Å². The van der Waals surface area contributed by atoms with Crippen LogP contribution in [0.25, 0.3) is 27.8 Å². The Bertz CT molecular complexity index is 1570. The van der Waals surface area contributed by atoms with Gasteiger partial charge in [0.2, 0.25) is 0 Å². The number of thiazole rings is 1. The van der Waals surface area contributed by atoms with Crippen LogP contribution < -0.4 is 10.1 Å². The van der Waals surface area contributed by atoms with Crippen molar-refractivity contribution in [2.45, 2.75) is 27.7 Å². The van der Waals surface area contributed by atoms with Gasteiger partial charge in [-0.3, -0.25) is 4.79 Å². The van der Waals surface area contributed by atoms with E-state index in [1.165, 1.54) is 16.9 Å². The van der Waals surface area contributed by atoms with E-state index >= 15 is 0 Å². The number of nitrogens with zero attached hydrogens (tertiary/aromatic N) is 3. The van der Waals surface area contributed by atoms with Crippen LogP contribution in [0.2, 0.25) is 5.02 Å². The van der Waals surface area contributed by atoms with Crippen molar-refractivity contribution < 1.29 is 0 Å². The van der Waals surface area contributed by atoms with Crippen molar-refractivity contribution in [2.24, 2.45) is 0 Å². The Hall–Kier alpha value is -2.89. The van der Waals surface area contributed by atoms with Crippen molar-refractivity contribution in [1.29, 1.82) is 0 Å². The van der Waals surface area contributed by atoms with Gasteiger partial charge in [-0.25, -0.2) is 9.38 Å². The average Bonchev–Trinajstić information content (AvgIpc) is 3.27. The molecule has 0 amide bonds. The molecular weight excluding hydrogens is 414 g/mol. The Morgan fingerprint density at radius 1 is 1.03 bits per heavy atom. The summed E-state index contributed by atoms with van der Waals surface area (Å²) in [7, 11) is 0. The molecule has 2 aromatic carbocycles. The van der Waals surface area contributed by atoms with E-state index in [1.54, 1.807) is 4.40 Å². The minimum Gasteiger partial charge on any atom is -0.318 e. The molecular formula is C24H20ClN3OS. The molecule has 3 heterocycles. The number of halogens is 1. The van der Waals surface area contributed by atoms with Crippen molar-refractivity contribution in [3.8, 4) is 5.69 Å². The Morgan fingerprint density at radius 2 is 1.80 bits per heavy atom. The Morgan fingerprint density at radius 3 is 2.57 bits per heavy atom. The molecule has 150 valence electrons. The highest BCUT2D eigenvalue weighted by Crippen LogP contribution is 2.24. The molecule has 3 aromatic heterocycles. The molecule has 0 aliphatic carbocycles. The summed E-state index contributed by atoms with van der Waals surface area (Å²) in [5.41, 5.74) is 8.25. The number of aromatic nitrogens is 3. The average molecular weight is 434 g/mol. The molecule has 5 aromatic rings. The van der Waals surface area contributed by atoms with Crippen molar-refractivity contribution in [2.75, 3.05) is 0 Å². The smallest absolute Gasteiger partial charge is 0.274 e. The Balaban J connectivity index is 1.71. The second-order valence-corrected chi connectivity index (χ2v) is 9.16. The summed E-state index contributed by atoms with van der Waals surface area (Å²) in [6, 6.07) is 14.0. The van der Waals surface area contributed by atoms with Gasteiger partial charge in [-0.15, -0.1) is 0 Å². The predicted molar refractivity (Wildman–Crippen MR) is 125 cm³/mol. The lowest BCUT2D eigenvalue weighted by Crippen LogP contribution is -2.22. The van der Waals surface area contributed by atoms with Crippen LogP contribution in [-0.2, 0) is 0 Å². The topological polar surface area (TPSA) is 39.3 Å². The minimum atomic E-state index is -0.0201. The van der Waals surface area contributed by atoms with Gasteiger partial charge in [0.1, 0.15) is 0 Å². The molecule has 5 rings (SSSR count). The summed E-state index contributed by atoms with van der Waals surface area (Å²) in [5, 5.41) is 0.698. The summed E-state index contributed by atoms with van der Waals surface area (Å²) in [6.45, 7) is 8.24. The number of hydrogen-bond acceptors (Lipinski definition) is 3. The lowest BCUT2D eigenvalue weighted by Gasteiger charge is -2.09. The molecule has 0 aliphatic rings. The maximum atomic E-state index is 13.2. The quantitative estimate of drug-likeness (QED) is 0.387. The first-order chi connectivity index (χ1) is 14.3. The Kier molecular flexibility index (Phi) is 4.34. The van der Waals surface area contributed by atoms with Gasteiger partial charge >= 0.3 is 0 Å². The standard InChI is InChI=1S/C24H20ClN3OS/c1-13-8-20-21(9-14(13)2)28-23(29)22(30-24(28)26-20)11-17-10-15(3)27(16(17)4)19-7-5-6-18(25)12-19/h5-12H,1-4H3/b22-11-. The van der Waals surface area contributed by atoms with Crippen LogP contribution in [0.4, 0.5) is 0 Å². The summed E-state index contributed by atoms with van der Waals surface area (Å²) < 4.78 is 4.57. The monoisotopic (exact) mass is 433 g/mol. The summed E-state index contributed by atoms with van der Waals surface area (Å²) >= 11 is 7.62. The SMILES string of the molecule is Cc1cc2nc3s/c(=C\c4cc(C)n(-c5cccc(Cl)c5)c4C)c(=O)n3c2cc1C. The maximum absolute atomic E-state index is 13.2. The van der Waals surface area contributed by atoms with Crippen molar-refractivity contribution in [3.05, 3.63) is 90.5 Å². The zero-order valence-corrected chi connectivity index (χ0v) is 18.7. The fourth-order valence-electron chi connectivity index (χ4n) is 4.01. The number of benzene rings is 2. The molecule has 0 fully saturated rings. The molecule has 0 atom stereocenters. The van der Waals surface area contributed by atoms with Crippen LogP contribution in [0.3, 0.4) is 0 Å². The number of hydrogen-bond donors (Lipinski definition) is 0. The van der Waals surface area contributed by atoms with Crippen LogP contribution in [0.15, 0.2) is 47.3 Å². The van der Waals surface area contributed by atoms with E-state index in [9.17, 15) is 4.79 Å². The first-order valence-corrected chi connectivity index (χ1v) is 10.9. The lowest BCUT2D eigenvalue weighted by molar-refractivity contribution is 0.964. The van der Waals surface area contributed by atoms with Gasteiger partial charge in [-0.1, -0.05) is 29.0 Å². The summed E-state index contributed by atoms with van der Waals surface area (Å²) in [5.74, 6) is 0. The van der Waals surface area contributed by atoms with Gasteiger partial charge in [0, 0.05) is 22.1 Å². The van der Waals surface area contributed by atoms with Gasteiger partial charge in [-0.2, -0.15) is 0 Å². The second kappa shape index (κ2) is 6.83. The molecule has 0 saturated heterocycles. The highest BCUT2D eigenvalue weighted by atomic mass is 35.5. The van der Waals surface area contributed by atoms with Gasteiger partial charge in [-0.05, 0) is 86.9 Å². The number of rotatable bonds is 2. The van der Waals surface area contributed by atoms with Crippen LogP contribution in [0, 0.1) is 27.7 Å². The fourth-order valence-corrected chi connectivity index (χ4v) is 5.17. The molecule has 0 N–H and O–H groups in total. The molecule has 0 bridgehead atoms. The third-order valence-electron chi connectivity index (χ3n) is 5.68. The summed E-state index contributed by atoms with van der Waals surface area (Å²) in [6.07, 6.45) is 1.97. The van der Waals surface area contributed by atoms with Gasteiger partial charge in [0.25, 0.3) is 5.56 Å². The van der Waals surface area contributed by atoms with Crippen LogP contribution in [0.1, 0.15) is 28.1 Å². The molecule has 0 saturated carbocycles. The van der Waals surface area contributed by atoms with E-state index in [-0.39, 0.29) is 5.56 Å². The summed E-state index contributed by atoms with van der Waals surface area (Å²) in [4.78, 5) is 18.6. The van der Waals surface area contributed by atoms with Gasteiger partial charge < -0.3 is 4.57 Å². The van der Waals surface area contributed by atoms with Crippen LogP contribution in [0.5, 0.6) is 0 Å². The van der Waals surface area contributed by atoms with E-state index in [4.69, 9.17) is 11.6 Å². The predicted octanol–water partition coefficient (Wildman–Crippen LogP) is 5.13. The molecule has 4 nitrogen and oxygen atoms in total. The molecule has 0 unspecified atom stereocenters. The minimum absolute atomic E-state index is 0.0201. The zero-order chi connectivity index (χ0) is 21.2. The maximum Gasteiger partial charge on any atom is 0.274 e. The fraction of sp³-hybridized carbons (Fsp3) is 0.167. The lowest BCUT2D eigenvalue weighted by atomic mass is 10.1. The van der Waals surface area contributed by atoms with E-state index < -0.39 is 0 Å². The third-order valence-corrected chi connectivity index (χ3v) is 6.88. The van der Waals surface area contributed by atoms with E-state index in [0.717, 1.165) is 44.2 Å². The van der Waals surface area contributed by atoms with E-state index in [2.05, 4.69) is 43.3 Å². The molecule has 0 aliphatic heterocycles. The van der Waals surface area contributed by atoms with Gasteiger partial charge in [0.05, 0.1) is 15.6 Å². The highest BCUT2D eigenvalue weighted by Gasteiger charge is 2.14. The largest absolute Gasteiger partial charge is 0.318 e. The van der Waals surface area contributed by atoms with Crippen molar-refractivity contribution in [3.63, 3.8) is 0 Å². The van der Waals surface area contributed by atoms with Crippen molar-refractivity contribution in [1.82, 2.24) is 14.0 Å². The third kappa shape index (κ3) is 2.89. The van der Waals surface area contributed by atoms with Gasteiger partial charge in [0.15, 0.2) is 4.96 Å². The molecule has 6 heteroatoms. The first-order valence-electron chi connectivity index (χ1n) is 9.72. The number of fused-ring (bicyclic) bond motifs is 3. The zero-order valence-electron chi connectivity index (χ0n) is 17.2. The number of aryl methyl sites for hydroxylation is 3.